The Morgan fingerprint density at radius 3 is 2.45 bits per heavy atom. The van der Waals surface area contributed by atoms with Crippen LogP contribution in [0, 0.1) is 0 Å². The molecule has 0 spiro atoms. The lowest BCUT2D eigenvalue weighted by molar-refractivity contribution is 0.240. The highest BCUT2D eigenvalue weighted by atomic mass is 16.5. The van der Waals surface area contributed by atoms with Crippen LogP contribution in [0.1, 0.15) is 29.2 Å². The van der Waals surface area contributed by atoms with Crippen molar-refractivity contribution < 1.29 is 4.74 Å². The Kier molecular flexibility index (Phi) is 7.23. The highest BCUT2D eigenvalue weighted by Crippen LogP contribution is 2.32. The van der Waals surface area contributed by atoms with Crippen molar-refractivity contribution in [2.75, 3.05) is 45.2 Å². The maximum atomic E-state index is 6.14. The number of anilines is 1. The zero-order valence-corrected chi connectivity index (χ0v) is 18.6. The van der Waals surface area contributed by atoms with Crippen molar-refractivity contribution in [3.8, 4) is 5.75 Å². The van der Waals surface area contributed by atoms with E-state index in [0.717, 1.165) is 38.3 Å². The van der Waals surface area contributed by atoms with Crippen LogP contribution in [0.4, 0.5) is 5.69 Å². The monoisotopic (exact) mass is 415 g/mol. The van der Waals surface area contributed by atoms with Crippen molar-refractivity contribution in [1.82, 2.24) is 10.2 Å². The lowest BCUT2D eigenvalue weighted by Crippen LogP contribution is -2.33. The summed E-state index contributed by atoms with van der Waals surface area (Å²) in [5, 5.41) is 3.54. The Morgan fingerprint density at radius 1 is 0.871 bits per heavy atom. The molecule has 0 saturated carbocycles. The van der Waals surface area contributed by atoms with Gasteiger partial charge < -0.3 is 15.0 Å². The smallest absolute Gasteiger partial charge is 0.120 e. The topological polar surface area (TPSA) is 27.7 Å². The third-order valence-electron chi connectivity index (χ3n) is 5.89. The van der Waals surface area contributed by atoms with Crippen molar-refractivity contribution in [2.45, 2.75) is 19.1 Å². The van der Waals surface area contributed by atoms with E-state index in [2.05, 4.69) is 102 Å². The van der Waals surface area contributed by atoms with Gasteiger partial charge in [0, 0.05) is 39.4 Å². The highest BCUT2D eigenvalue weighted by molar-refractivity contribution is 5.48. The quantitative estimate of drug-likeness (QED) is 0.604. The number of benzene rings is 3. The Balaban J connectivity index is 1.61. The summed E-state index contributed by atoms with van der Waals surface area (Å²) in [5.74, 6) is 0.921. The fraction of sp³-hybridized carbons (Fsp3) is 0.333. The van der Waals surface area contributed by atoms with Crippen LogP contribution in [0.3, 0.4) is 0 Å². The predicted octanol–water partition coefficient (Wildman–Crippen LogP) is 4.72. The third-order valence-corrected chi connectivity index (χ3v) is 5.89. The van der Waals surface area contributed by atoms with Crippen LogP contribution in [-0.4, -0.2) is 45.2 Å². The van der Waals surface area contributed by atoms with E-state index in [4.69, 9.17) is 4.74 Å². The Bertz CT molecular complexity index is 932. The lowest BCUT2D eigenvalue weighted by atomic mass is 9.96. The van der Waals surface area contributed by atoms with E-state index >= 15 is 0 Å². The molecule has 1 fully saturated rings. The van der Waals surface area contributed by atoms with E-state index in [0.29, 0.717) is 6.61 Å². The summed E-state index contributed by atoms with van der Waals surface area (Å²) in [6.07, 6.45) is 1.16. The Labute approximate surface area is 186 Å². The molecule has 4 rings (SSSR count). The molecular formula is C27H33N3O. The molecule has 1 saturated heterocycles. The minimum absolute atomic E-state index is 0.219. The maximum absolute atomic E-state index is 6.14. The molecule has 1 N–H and O–H groups in total. The van der Waals surface area contributed by atoms with Crippen molar-refractivity contribution in [1.29, 1.82) is 0 Å². The molecule has 1 heterocycles. The highest BCUT2D eigenvalue weighted by Gasteiger charge is 2.23. The standard InChI is InChI=1S/C27H33N3O/c1-29(2)25-14-12-23(13-15-25)27(30-18-7-16-28-17-19-30)24-10-6-11-26(20-24)31-21-22-8-4-3-5-9-22/h3-6,8-15,20,27-28H,7,16-19,21H2,1-2H3. The molecule has 0 aliphatic carbocycles. The van der Waals surface area contributed by atoms with Gasteiger partial charge in [-0.05, 0) is 53.9 Å². The molecule has 31 heavy (non-hydrogen) atoms. The molecule has 1 aliphatic rings. The van der Waals surface area contributed by atoms with Gasteiger partial charge in [-0.25, -0.2) is 0 Å². The van der Waals surface area contributed by atoms with Crippen molar-refractivity contribution in [3.05, 3.63) is 95.6 Å². The van der Waals surface area contributed by atoms with E-state index in [-0.39, 0.29) is 6.04 Å². The normalized spacial score (nSPS) is 15.8. The fourth-order valence-electron chi connectivity index (χ4n) is 4.21. The molecule has 1 atom stereocenters. The molecule has 0 amide bonds. The van der Waals surface area contributed by atoms with Crippen molar-refractivity contribution >= 4 is 5.69 Å². The molecule has 0 radical (unpaired) electrons. The van der Waals surface area contributed by atoms with Gasteiger partial charge in [0.25, 0.3) is 0 Å². The molecule has 0 bridgehead atoms. The van der Waals surface area contributed by atoms with Gasteiger partial charge in [-0.15, -0.1) is 0 Å². The van der Waals surface area contributed by atoms with Crippen LogP contribution in [0.2, 0.25) is 0 Å². The van der Waals surface area contributed by atoms with Crippen LogP contribution >= 0.6 is 0 Å². The Morgan fingerprint density at radius 2 is 1.68 bits per heavy atom. The maximum Gasteiger partial charge on any atom is 0.120 e. The second-order valence-electron chi connectivity index (χ2n) is 8.37. The summed E-state index contributed by atoms with van der Waals surface area (Å²) in [4.78, 5) is 4.74. The zero-order valence-electron chi connectivity index (χ0n) is 18.6. The zero-order chi connectivity index (χ0) is 21.5. The van der Waals surface area contributed by atoms with E-state index < -0.39 is 0 Å². The summed E-state index contributed by atoms with van der Waals surface area (Å²) in [6, 6.07) is 28.2. The molecular weight excluding hydrogens is 382 g/mol. The van der Waals surface area contributed by atoms with Gasteiger partial charge in [-0.3, -0.25) is 4.90 Å². The van der Waals surface area contributed by atoms with E-state index in [1.54, 1.807) is 0 Å². The summed E-state index contributed by atoms with van der Waals surface area (Å²) in [6.45, 7) is 4.82. The van der Waals surface area contributed by atoms with Crippen LogP contribution in [0.25, 0.3) is 0 Å². The first-order chi connectivity index (χ1) is 15.2. The average molecular weight is 416 g/mol. The molecule has 3 aromatic rings. The SMILES string of the molecule is CN(C)c1ccc(C(c2cccc(OCc3ccccc3)c2)N2CCCNCC2)cc1. The van der Waals surface area contributed by atoms with E-state index in [1.165, 1.54) is 22.4 Å². The first-order valence-corrected chi connectivity index (χ1v) is 11.2. The Hall–Kier alpha value is -2.82. The summed E-state index contributed by atoms with van der Waals surface area (Å²) < 4.78 is 6.14. The van der Waals surface area contributed by atoms with Gasteiger partial charge in [-0.1, -0.05) is 54.6 Å². The molecule has 3 aromatic carbocycles. The number of rotatable bonds is 7. The second kappa shape index (κ2) is 10.5. The lowest BCUT2D eigenvalue weighted by Gasteiger charge is -2.32. The van der Waals surface area contributed by atoms with Gasteiger partial charge in [0.15, 0.2) is 0 Å². The minimum Gasteiger partial charge on any atom is -0.489 e. The first kappa shape index (κ1) is 21.4. The molecule has 4 heteroatoms. The fourth-order valence-corrected chi connectivity index (χ4v) is 4.21. The number of nitrogens with zero attached hydrogens (tertiary/aromatic N) is 2. The largest absolute Gasteiger partial charge is 0.489 e. The second-order valence-corrected chi connectivity index (χ2v) is 8.37. The summed E-state index contributed by atoms with van der Waals surface area (Å²) in [5.41, 5.74) is 5.01. The minimum atomic E-state index is 0.219. The van der Waals surface area contributed by atoms with Crippen LogP contribution in [0.15, 0.2) is 78.9 Å². The van der Waals surface area contributed by atoms with Crippen LogP contribution < -0.4 is 15.0 Å². The molecule has 0 aromatic heterocycles. The molecule has 4 nitrogen and oxygen atoms in total. The average Bonchev–Trinajstić information content (AvgIpc) is 3.09. The van der Waals surface area contributed by atoms with Gasteiger partial charge in [-0.2, -0.15) is 0 Å². The van der Waals surface area contributed by atoms with Crippen LogP contribution in [-0.2, 0) is 6.61 Å². The predicted molar refractivity (Wildman–Crippen MR) is 129 cm³/mol. The summed E-state index contributed by atoms with van der Waals surface area (Å²) in [7, 11) is 4.17. The van der Waals surface area contributed by atoms with E-state index in [1.807, 2.05) is 6.07 Å². The van der Waals surface area contributed by atoms with Gasteiger partial charge >= 0.3 is 0 Å². The first-order valence-electron chi connectivity index (χ1n) is 11.2. The number of hydrogen-bond acceptors (Lipinski definition) is 4. The number of nitrogens with one attached hydrogen (secondary N) is 1. The molecule has 162 valence electrons. The summed E-state index contributed by atoms with van der Waals surface area (Å²) >= 11 is 0. The molecule has 1 unspecified atom stereocenters. The molecule has 1 aliphatic heterocycles. The van der Waals surface area contributed by atoms with Gasteiger partial charge in [0.2, 0.25) is 0 Å². The van der Waals surface area contributed by atoms with Crippen molar-refractivity contribution in [2.24, 2.45) is 0 Å². The van der Waals surface area contributed by atoms with Crippen molar-refractivity contribution in [3.63, 3.8) is 0 Å². The number of ether oxygens (including phenoxy) is 1. The number of hydrogen-bond donors (Lipinski definition) is 1. The van der Waals surface area contributed by atoms with Gasteiger partial charge in [0.05, 0.1) is 6.04 Å². The van der Waals surface area contributed by atoms with Crippen LogP contribution in [0.5, 0.6) is 5.75 Å². The van der Waals surface area contributed by atoms with E-state index in [9.17, 15) is 0 Å². The third kappa shape index (κ3) is 5.66. The van der Waals surface area contributed by atoms with Gasteiger partial charge in [0.1, 0.15) is 12.4 Å².